The maximum atomic E-state index is 12.0. The van der Waals surface area contributed by atoms with Gasteiger partial charge in [0.05, 0.1) is 11.6 Å². The lowest BCUT2D eigenvalue weighted by molar-refractivity contribution is 0.282. The van der Waals surface area contributed by atoms with E-state index >= 15 is 0 Å². The molecule has 0 saturated heterocycles. The van der Waals surface area contributed by atoms with Gasteiger partial charge in [0, 0.05) is 5.02 Å². The first-order valence-corrected chi connectivity index (χ1v) is 7.68. The molecule has 0 amide bonds. The highest BCUT2D eigenvalue weighted by Gasteiger charge is 2.18. The Bertz CT molecular complexity index is 712. The Balaban J connectivity index is 2.31. The second-order valence-corrected chi connectivity index (χ2v) is 6.30. The van der Waals surface area contributed by atoms with Gasteiger partial charge in [0.15, 0.2) is 5.75 Å². The molecule has 0 spiro atoms. The minimum Gasteiger partial charge on any atom is -0.392 e. The first-order valence-electron chi connectivity index (χ1n) is 5.52. The molecule has 0 unspecified atom stereocenters. The maximum absolute atomic E-state index is 12.0. The zero-order valence-electron chi connectivity index (χ0n) is 10.1. The largest absolute Gasteiger partial charge is 0.392 e. The van der Waals surface area contributed by atoms with Crippen LogP contribution in [-0.4, -0.2) is 13.5 Å². The minimum absolute atomic E-state index is 0.00110. The Morgan fingerprint density at radius 2 is 1.70 bits per heavy atom. The van der Waals surface area contributed by atoms with Gasteiger partial charge in [-0.25, -0.2) is 0 Å². The molecule has 0 saturated carbocycles. The molecule has 4 nitrogen and oxygen atoms in total. The van der Waals surface area contributed by atoms with Crippen LogP contribution in [-0.2, 0) is 16.7 Å². The lowest BCUT2D eigenvalue weighted by atomic mass is 10.2. The molecule has 0 aliphatic carbocycles. The number of aliphatic hydroxyl groups is 1. The van der Waals surface area contributed by atoms with Crippen LogP contribution in [0.15, 0.2) is 47.4 Å². The normalized spacial score (nSPS) is 11.3. The Labute approximate surface area is 126 Å². The molecule has 20 heavy (non-hydrogen) atoms. The summed E-state index contributed by atoms with van der Waals surface area (Å²) in [4.78, 5) is -0.0239. The monoisotopic (exact) mass is 332 g/mol. The molecule has 2 aromatic rings. The number of hydrogen-bond acceptors (Lipinski definition) is 4. The van der Waals surface area contributed by atoms with E-state index < -0.39 is 10.1 Å². The van der Waals surface area contributed by atoms with Crippen molar-refractivity contribution in [3.8, 4) is 5.75 Å². The molecule has 106 valence electrons. The van der Waals surface area contributed by atoms with Crippen LogP contribution in [0, 0.1) is 0 Å². The van der Waals surface area contributed by atoms with Crippen molar-refractivity contribution in [2.24, 2.45) is 0 Å². The molecule has 2 aromatic carbocycles. The minimum atomic E-state index is -3.98. The highest BCUT2D eigenvalue weighted by Crippen LogP contribution is 2.28. The molecule has 0 fully saturated rings. The summed E-state index contributed by atoms with van der Waals surface area (Å²) in [5.74, 6) is -0.00110. The van der Waals surface area contributed by atoms with Crippen LogP contribution in [0.3, 0.4) is 0 Å². The standard InChI is InChI=1S/C13H10Cl2O4S/c14-10-2-4-11(5-3-10)20(17,18)19-13-6-1-9(8-16)7-12(13)15/h1-7,16H,8H2. The molecule has 2 rings (SSSR count). The number of rotatable bonds is 4. The summed E-state index contributed by atoms with van der Waals surface area (Å²) in [5.41, 5.74) is 0.561. The predicted molar refractivity (Wildman–Crippen MR) is 76.6 cm³/mol. The summed E-state index contributed by atoms with van der Waals surface area (Å²) in [6, 6.07) is 9.94. The third-order valence-electron chi connectivity index (χ3n) is 2.48. The van der Waals surface area contributed by atoms with Crippen molar-refractivity contribution in [1.82, 2.24) is 0 Å². The van der Waals surface area contributed by atoms with Gasteiger partial charge in [0.1, 0.15) is 4.90 Å². The van der Waals surface area contributed by atoms with Crippen molar-refractivity contribution in [1.29, 1.82) is 0 Å². The fourth-order valence-electron chi connectivity index (χ4n) is 1.48. The van der Waals surface area contributed by atoms with Crippen molar-refractivity contribution < 1.29 is 17.7 Å². The van der Waals surface area contributed by atoms with Crippen LogP contribution < -0.4 is 4.18 Å². The first kappa shape index (κ1) is 15.1. The molecule has 0 aliphatic heterocycles. The van der Waals surface area contributed by atoms with Crippen LogP contribution in [0.5, 0.6) is 5.75 Å². The maximum Gasteiger partial charge on any atom is 0.339 e. The molecule has 0 radical (unpaired) electrons. The predicted octanol–water partition coefficient (Wildman–Crippen LogP) is 3.25. The quantitative estimate of drug-likeness (QED) is 0.873. The summed E-state index contributed by atoms with van der Waals surface area (Å²) < 4.78 is 29.1. The van der Waals surface area contributed by atoms with Gasteiger partial charge in [-0.05, 0) is 42.0 Å². The van der Waals surface area contributed by atoms with Gasteiger partial charge in [-0.15, -0.1) is 0 Å². The zero-order valence-corrected chi connectivity index (χ0v) is 12.4. The van der Waals surface area contributed by atoms with Gasteiger partial charge in [-0.2, -0.15) is 8.42 Å². The molecule has 0 bridgehead atoms. The van der Waals surface area contributed by atoms with E-state index in [-0.39, 0.29) is 22.3 Å². The third-order valence-corrected chi connectivity index (χ3v) is 4.28. The van der Waals surface area contributed by atoms with Crippen LogP contribution in [0.4, 0.5) is 0 Å². The smallest absolute Gasteiger partial charge is 0.339 e. The van der Waals surface area contributed by atoms with E-state index in [1.165, 1.54) is 42.5 Å². The molecular weight excluding hydrogens is 323 g/mol. The Morgan fingerprint density at radius 3 is 2.25 bits per heavy atom. The molecule has 0 heterocycles. The van der Waals surface area contributed by atoms with Crippen molar-refractivity contribution in [3.05, 3.63) is 58.1 Å². The van der Waals surface area contributed by atoms with E-state index in [9.17, 15) is 8.42 Å². The third kappa shape index (κ3) is 3.43. The van der Waals surface area contributed by atoms with Gasteiger partial charge in [0.2, 0.25) is 0 Å². The van der Waals surface area contributed by atoms with Gasteiger partial charge in [-0.3, -0.25) is 0 Å². The molecule has 1 N–H and O–H groups in total. The van der Waals surface area contributed by atoms with E-state index in [2.05, 4.69) is 0 Å². The van der Waals surface area contributed by atoms with E-state index in [1.54, 1.807) is 0 Å². The van der Waals surface area contributed by atoms with Crippen molar-refractivity contribution >= 4 is 33.3 Å². The zero-order chi connectivity index (χ0) is 14.8. The average Bonchev–Trinajstić information content (AvgIpc) is 2.41. The van der Waals surface area contributed by atoms with Crippen molar-refractivity contribution in [3.63, 3.8) is 0 Å². The molecular formula is C13H10Cl2O4S. The van der Waals surface area contributed by atoms with Crippen LogP contribution in [0.1, 0.15) is 5.56 Å². The van der Waals surface area contributed by atoms with Crippen molar-refractivity contribution in [2.75, 3.05) is 0 Å². The molecule has 0 aromatic heterocycles. The Hall–Kier alpha value is -1.27. The number of aliphatic hydroxyl groups excluding tert-OH is 1. The highest BCUT2D eigenvalue weighted by atomic mass is 35.5. The van der Waals surface area contributed by atoms with E-state index in [0.29, 0.717) is 10.6 Å². The first-order chi connectivity index (χ1) is 9.42. The molecule has 7 heteroatoms. The van der Waals surface area contributed by atoms with Crippen molar-refractivity contribution in [2.45, 2.75) is 11.5 Å². The van der Waals surface area contributed by atoms with Gasteiger partial charge in [0.25, 0.3) is 0 Å². The van der Waals surface area contributed by atoms with Crippen LogP contribution in [0.2, 0.25) is 10.0 Å². The fraction of sp³-hybridized carbons (Fsp3) is 0.0769. The summed E-state index contributed by atoms with van der Waals surface area (Å²) in [5, 5.41) is 9.49. The summed E-state index contributed by atoms with van der Waals surface area (Å²) >= 11 is 11.6. The second kappa shape index (κ2) is 6.01. The second-order valence-electron chi connectivity index (χ2n) is 3.91. The van der Waals surface area contributed by atoms with Crippen LogP contribution >= 0.6 is 23.2 Å². The number of benzene rings is 2. The SMILES string of the molecule is O=S(=O)(Oc1ccc(CO)cc1Cl)c1ccc(Cl)cc1. The molecule has 0 atom stereocenters. The lowest BCUT2D eigenvalue weighted by Gasteiger charge is -2.09. The van der Waals surface area contributed by atoms with E-state index in [1.807, 2.05) is 0 Å². The van der Waals surface area contributed by atoms with Gasteiger partial charge in [-0.1, -0.05) is 29.3 Å². The topological polar surface area (TPSA) is 63.6 Å². The Morgan fingerprint density at radius 1 is 1.05 bits per heavy atom. The fourth-order valence-corrected chi connectivity index (χ4v) is 2.84. The van der Waals surface area contributed by atoms with Gasteiger partial charge >= 0.3 is 10.1 Å². The Kier molecular flexibility index (Phi) is 4.55. The average molecular weight is 333 g/mol. The highest BCUT2D eigenvalue weighted by molar-refractivity contribution is 7.87. The summed E-state index contributed by atoms with van der Waals surface area (Å²) in [7, 11) is -3.98. The summed E-state index contributed by atoms with van der Waals surface area (Å²) in [6.45, 7) is -0.191. The van der Waals surface area contributed by atoms with E-state index in [4.69, 9.17) is 32.5 Å². The van der Waals surface area contributed by atoms with Gasteiger partial charge < -0.3 is 9.29 Å². The molecule has 0 aliphatic rings. The van der Waals surface area contributed by atoms with E-state index in [0.717, 1.165) is 0 Å². The number of halogens is 2. The lowest BCUT2D eigenvalue weighted by Crippen LogP contribution is -2.10. The summed E-state index contributed by atoms with van der Waals surface area (Å²) in [6.07, 6.45) is 0. The van der Waals surface area contributed by atoms with Crippen LogP contribution in [0.25, 0.3) is 0 Å². The number of hydrogen-bond donors (Lipinski definition) is 1.